The summed E-state index contributed by atoms with van der Waals surface area (Å²) in [5.41, 5.74) is 3.24. The summed E-state index contributed by atoms with van der Waals surface area (Å²) >= 11 is 6.53. The number of aromatic nitrogens is 3. The second kappa shape index (κ2) is 13.0. The maximum Gasteiger partial charge on any atom is 0.410 e. The minimum absolute atomic E-state index is 0.176. The number of carbonyl (C=O) groups excluding carboxylic acids is 2. The van der Waals surface area contributed by atoms with Gasteiger partial charge in [0.1, 0.15) is 10.8 Å². The Balaban J connectivity index is 1.48. The van der Waals surface area contributed by atoms with Gasteiger partial charge in [-0.3, -0.25) is 4.79 Å². The van der Waals surface area contributed by atoms with Crippen LogP contribution in [0.4, 0.5) is 4.79 Å². The van der Waals surface area contributed by atoms with E-state index in [9.17, 15) is 9.59 Å². The predicted molar refractivity (Wildman–Crippen MR) is 168 cm³/mol. The van der Waals surface area contributed by atoms with Crippen LogP contribution in [0.15, 0.2) is 30.3 Å². The molecule has 230 valence electrons. The Morgan fingerprint density at radius 3 is 2.51 bits per heavy atom. The quantitative estimate of drug-likeness (QED) is 0.331. The molecule has 2 aliphatic rings. The van der Waals surface area contributed by atoms with E-state index in [4.69, 9.17) is 26.2 Å². The maximum atomic E-state index is 14.0. The van der Waals surface area contributed by atoms with Gasteiger partial charge in [-0.2, -0.15) is 5.10 Å². The average molecular weight is 609 g/mol. The fraction of sp³-hybridized carbons (Fsp3) is 0.500. The standard InChI is InChI=1S/C32H41ClN6O4/c1-32(2,3)43-31(41)38-16-14-37(15-17-38)30(40)24-20-26(33)34-29-28(24)25(35-39(29)27-11-6-7-18-42-27)13-12-22-9-8-10-23(19-22)21-36(4)5/h8-10,12-13,19-20,27H,6-7,11,14-18,21H2,1-5H3/b13-12+. The lowest BCUT2D eigenvalue weighted by molar-refractivity contribution is -0.0370. The molecule has 0 N–H and O–H groups in total. The summed E-state index contributed by atoms with van der Waals surface area (Å²) in [6, 6.07) is 9.95. The predicted octanol–water partition coefficient (Wildman–Crippen LogP) is 5.71. The normalized spacial score (nSPS) is 18.2. The Morgan fingerprint density at radius 2 is 1.84 bits per heavy atom. The Kier molecular flexibility index (Phi) is 9.39. The number of ether oxygens (including phenoxy) is 2. The molecule has 5 rings (SSSR count). The monoisotopic (exact) mass is 608 g/mol. The summed E-state index contributed by atoms with van der Waals surface area (Å²) in [5.74, 6) is -0.176. The maximum absolute atomic E-state index is 14.0. The van der Waals surface area contributed by atoms with Crippen molar-refractivity contribution >= 4 is 46.8 Å². The van der Waals surface area contributed by atoms with Crippen molar-refractivity contribution in [3.8, 4) is 0 Å². The minimum Gasteiger partial charge on any atom is -0.444 e. The van der Waals surface area contributed by atoms with Gasteiger partial charge >= 0.3 is 6.09 Å². The van der Waals surface area contributed by atoms with E-state index in [2.05, 4.69) is 22.0 Å². The zero-order valence-corrected chi connectivity index (χ0v) is 26.4. The van der Waals surface area contributed by atoms with Crippen molar-refractivity contribution in [1.82, 2.24) is 29.5 Å². The highest BCUT2D eigenvalue weighted by atomic mass is 35.5. The van der Waals surface area contributed by atoms with Gasteiger partial charge in [0.15, 0.2) is 11.9 Å². The van der Waals surface area contributed by atoms with Crippen LogP contribution in [0.1, 0.15) is 73.4 Å². The van der Waals surface area contributed by atoms with Crippen LogP contribution in [0.2, 0.25) is 5.15 Å². The molecule has 4 heterocycles. The van der Waals surface area contributed by atoms with Crippen LogP contribution in [0.3, 0.4) is 0 Å². The lowest BCUT2D eigenvalue weighted by atomic mass is 10.1. The van der Waals surface area contributed by atoms with Gasteiger partial charge in [0.05, 0.1) is 16.6 Å². The van der Waals surface area contributed by atoms with E-state index in [1.807, 2.05) is 59.2 Å². The van der Waals surface area contributed by atoms with Crippen molar-refractivity contribution in [1.29, 1.82) is 0 Å². The van der Waals surface area contributed by atoms with Crippen molar-refractivity contribution in [2.75, 3.05) is 46.9 Å². The molecule has 2 fully saturated rings. The molecule has 43 heavy (non-hydrogen) atoms. The van der Waals surface area contributed by atoms with E-state index in [0.29, 0.717) is 55.1 Å². The third-order valence-electron chi connectivity index (χ3n) is 7.42. The van der Waals surface area contributed by atoms with Crippen molar-refractivity contribution in [3.05, 3.63) is 57.9 Å². The van der Waals surface area contributed by atoms with Gasteiger partial charge in [-0.05, 0) is 77.4 Å². The average Bonchev–Trinajstić information content (AvgIpc) is 3.33. The molecule has 11 heteroatoms. The van der Waals surface area contributed by atoms with Crippen LogP contribution < -0.4 is 0 Å². The second-order valence-electron chi connectivity index (χ2n) is 12.4. The number of rotatable bonds is 6. The molecule has 2 saturated heterocycles. The third kappa shape index (κ3) is 7.55. The number of halogens is 1. The van der Waals surface area contributed by atoms with Crippen LogP contribution in [-0.4, -0.2) is 93.9 Å². The Hall–Kier alpha value is -3.47. The molecule has 2 aliphatic heterocycles. The first-order valence-electron chi connectivity index (χ1n) is 14.9. The van der Waals surface area contributed by atoms with Gasteiger partial charge in [-0.15, -0.1) is 0 Å². The Labute approximate surface area is 258 Å². The number of hydrogen-bond acceptors (Lipinski definition) is 7. The zero-order valence-electron chi connectivity index (χ0n) is 25.7. The van der Waals surface area contributed by atoms with Gasteiger partial charge in [-0.1, -0.05) is 41.9 Å². The molecule has 2 amide bonds. The molecule has 2 aromatic heterocycles. The van der Waals surface area contributed by atoms with Gasteiger partial charge in [0.2, 0.25) is 0 Å². The number of benzene rings is 1. The molecule has 0 aliphatic carbocycles. The van der Waals surface area contributed by atoms with Crippen LogP contribution in [-0.2, 0) is 16.0 Å². The zero-order chi connectivity index (χ0) is 30.7. The Morgan fingerprint density at radius 1 is 1.09 bits per heavy atom. The molecule has 0 radical (unpaired) electrons. The van der Waals surface area contributed by atoms with Crippen molar-refractivity contribution in [2.45, 2.75) is 58.4 Å². The van der Waals surface area contributed by atoms with Gasteiger partial charge < -0.3 is 24.2 Å². The molecular weight excluding hydrogens is 568 g/mol. The molecule has 0 spiro atoms. The van der Waals surface area contributed by atoms with Crippen molar-refractivity contribution in [2.24, 2.45) is 0 Å². The summed E-state index contributed by atoms with van der Waals surface area (Å²) in [7, 11) is 4.09. The van der Waals surface area contributed by atoms with Crippen LogP contribution in [0.5, 0.6) is 0 Å². The molecule has 10 nitrogen and oxygen atoms in total. The first-order valence-corrected chi connectivity index (χ1v) is 15.3. The number of hydrogen-bond donors (Lipinski definition) is 0. The molecular formula is C32H41ClN6O4. The molecule has 1 unspecified atom stereocenters. The summed E-state index contributed by atoms with van der Waals surface area (Å²) in [6.45, 7) is 8.52. The SMILES string of the molecule is CN(C)Cc1cccc(/C=C/c2nn(C3CCCCO3)c3nc(Cl)cc(C(=O)N4CCN(C(=O)OC(C)(C)C)CC4)c23)c1. The van der Waals surface area contributed by atoms with Crippen LogP contribution in [0.25, 0.3) is 23.2 Å². The van der Waals surface area contributed by atoms with Gasteiger partial charge in [0.25, 0.3) is 5.91 Å². The molecule has 3 aromatic rings. The van der Waals surface area contributed by atoms with E-state index in [-0.39, 0.29) is 23.4 Å². The van der Waals surface area contributed by atoms with Crippen LogP contribution >= 0.6 is 11.6 Å². The van der Waals surface area contributed by atoms with Crippen molar-refractivity contribution in [3.63, 3.8) is 0 Å². The molecule has 1 atom stereocenters. The van der Waals surface area contributed by atoms with E-state index in [1.165, 1.54) is 5.56 Å². The third-order valence-corrected chi connectivity index (χ3v) is 7.61. The fourth-order valence-corrected chi connectivity index (χ4v) is 5.65. The number of nitrogens with zero attached hydrogens (tertiary/aromatic N) is 6. The molecule has 1 aromatic carbocycles. The minimum atomic E-state index is -0.580. The highest BCUT2D eigenvalue weighted by molar-refractivity contribution is 6.30. The summed E-state index contributed by atoms with van der Waals surface area (Å²) < 4.78 is 13.4. The van der Waals surface area contributed by atoms with Crippen molar-refractivity contribution < 1.29 is 19.1 Å². The first-order chi connectivity index (χ1) is 20.5. The van der Waals surface area contributed by atoms with E-state index < -0.39 is 5.60 Å². The lowest BCUT2D eigenvalue weighted by Crippen LogP contribution is -2.51. The van der Waals surface area contributed by atoms with E-state index >= 15 is 0 Å². The summed E-state index contributed by atoms with van der Waals surface area (Å²) in [5, 5.41) is 5.79. The number of piperazine rings is 1. The number of pyridine rings is 1. The number of amides is 2. The first kappa shape index (κ1) is 31.0. The van der Waals surface area contributed by atoms with Gasteiger partial charge in [0, 0.05) is 39.3 Å². The van der Waals surface area contributed by atoms with Crippen LogP contribution in [0, 0.1) is 0 Å². The lowest BCUT2D eigenvalue weighted by Gasteiger charge is -2.35. The highest BCUT2D eigenvalue weighted by Gasteiger charge is 2.31. The Bertz CT molecular complexity index is 1500. The van der Waals surface area contributed by atoms with Gasteiger partial charge in [-0.25, -0.2) is 14.5 Å². The topological polar surface area (TPSA) is 93.0 Å². The second-order valence-corrected chi connectivity index (χ2v) is 12.8. The summed E-state index contributed by atoms with van der Waals surface area (Å²) in [4.78, 5) is 36.8. The van der Waals surface area contributed by atoms with E-state index in [0.717, 1.165) is 31.4 Å². The smallest absolute Gasteiger partial charge is 0.410 e. The highest BCUT2D eigenvalue weighted by Crippen LogP contribution is 2.32. The number of carbonyl (C=O) groups is 2. The fourth-order valence-electron chi connectivity index (χ4n) is 5.46. The number of fused-ring (bicyclic) bond motifs is 1. The summed E-state index contributed by atoms with van der Waals surface area (Å²) in [6.07, 6.45) is 6.11. The molecule has 0 bridgehead atoms. The van der Waals surface area contributed by atoms with E-state index in [1.54, 1.807) is 20.5 Å². The largest absolute Gasteiger partial charge is 0.444 e. The molecule has 0 saturated carbocycles.